The van der Waals surface area contributed by atoms with Gasteiger partial charge in [0.05, 0.1) is 42.3 Å². The fourth-order valence-corrected chi connectivity index (χ4v) is 4.53. The van der Waals surface area contributed by atoms with E-state index in [4.69, 9.17) is 42.9 Å². The van der Waals surface area contributed by atoms with Crippen LogP contribution in [-0.2, 0) is 17.6 Å². The van der Waals surface area contributed by atoms with Crippen LogP contribution in [-0.4, -0.2) is 72.4 Å². The van der Waals surface area contributed by atoms with Crippen LogP contribution in [0.2, 0.25) is 10.0 Å². The summed E-state index contributed by atoms with van der Waals surface area (Å²) < 4.78 is 16.5. The van der Waals surface area contributed by atoms with Crippen molar-refractivity contribution in [3.8, 4) is 5.75 Å². The average Bonchev–Trinajstić information content (AvgIpc) is 3.44. The zero-order valence-corrected chi connectivity index (χ0v) is 23.6. The number of unbranched alkanes of at least 4 members (excludes halogenated alkanes) is 1. The molecule has 2 amide bonds. The Labute approximate surface area is 243 Å². The topological polar surface area (TPSA) is 133 Å². The number of benzene rings is 2. The van der Waals surface area contributed by atoms with Crippen molar-refractivity contribution in [2.24, 2.45) is 5.73 Å². The van der Waals surface area contributed by atoms with Crippen molar-refractivity contribution >= 4 is 35.0 Å². The third kappa shape index (κ3) is 8.66. The molecule has 1 aliphatic heterocycles. The minimum atomic E-state index is -0.771. The molecule has 1 aromatic heterocycles. The lowest BCUT2D eigenvalue weighted by Crippen LogP contribution is -2.51. The molecule has 12 heteroatoms. The molecule has 1 aliphatic rings. The number of nitrogens with two attached hydrogens (primary N) is 1. The number of aromatic nitrogens is 2. The fourth-order valence-electron chi connectivity index (χ4n) is 4.21. The summed E-state index contributed by atoms with van der Waals surface area (Å²) in [5.74, 6) is 0.579. The van der Waals surface area contributed by atoms with E-state index < -0.39 is 6.04 Å². The first kappa shape index (κ1) is 29.8. The van der Waals surface area contributed by atoms with Gasteiger partial charge in [-0.15, -0.1) is 0 Å². The van der Waals surface area contributed by atoms with E-state index in [1.165, 1.54) is 0 Å². The highest BCUT2D eigenvalue weighted by molar-refractivity contribution is 6.42. The molecule has 0 spiro atoms. The Bertz CT molecular complexity index is 1260. The van der Waals surface area contributed by atoms with Crippen molar-refractivity contribution in [2.45, 2.75) is 38.1 Å². The second kappa shape index (κ2) is 15.0. The molecule has 10 nitrogen and oxygen atoms in total. The van der Waals surface area contributed by atoms with E-state index in [0.29, 0.717) is 81.1 Å². The van der Waals surface area contributed by atoms with E-state index in [-0.39, 0.29) is 17.6 Å². The van der Waals surface area contributed by atoms with E-state index in [2.05, 4.69) is 15.5 Å². The quantitative estimate of drug-likeness (QED) is 0.222. The van der Waals surface area contributed by atoms with Gasteiger partial charge in [0.2, 0.25) is 17.5 Å². The van der Waals surface area contributed by atoms with Crippen LogP contribution < -0.4 is 15.8 Å². The maximum absolute atomic E-state index is 13.2. The van der Waals surface area contributed by atoms with Gasteiger partial charge in [0.25, 0.3) is 0 Å². The van der Waals surface area contributed by atoms with E-state index >= 15 is 0 Å². The Balaban J connectivity index is 1.30. The molecule has 1 atom stereocenters. The van der Waals surface area contributed by atoms with Crippen molar-refractivity contribution < 1.29 is 23.6 Å². The van der Waals surface area contributed by atoms with E-state index in [1.54, 1.807) is 11.0 Å². The average molecular weight is 591 g/mol. The summed E-state index contributed by atoms with van der Waals surface area (Å²) in [5.41, 5.74) is 7.57. The van der Waals surface area contributed by atoms with Crippen molar-refractivity contribution in [1.29, 1.82) is 0 Å². The lowest BCUT2D eigenvalue weighted by atomic mass is 10.0. The van der Waals surface area contributed by atoms with Crippen molar-refractivity contribution in [1.82, 2.24) is 20.4 Å². The Morgan fingerprint density at radius 2 is 1.80 bits per heavy atom. The fraction of sp³-hybridized carbons (Fsp3) is 0.429. The molecule has 1 unspecified atom stereocenters. The molecule has 214 valence electrons. The highest BCUT2D eigenvalue weighted by Gasteiger charge is 2.28. The summed E-state index contributed by atoms with van der Waals surface area (Å²) in [6, 6.07) is 12.0. The number of morpholine rings is 1. The molecule has 3 aromatic rings. The second-order valence-corrected chi connectivity index (χ2v) is 10.2. The normalized spacial score (nSPS) is 14.1. The number of rotatable bonds is 13. The summed E-state index contributed by atoms with van der Waals surface area (Å²) in [6.07, 6.45) is 2.90. The van der Waals surface area contributed by atoms with Gasteiger partial charge < -0.3 is 29.9 Å². The van der Waals surface area contributed by atoms with Crippen molar-refractivity contribution in [2.75, 3.05) is 39.5 Å². The number of halogens is 2. The minimum Gasteiger partial charge on any atom is -0.493 e. The zero-order valence-electron chi connectivity index (χ0n) is 22.1. The molecule has 40 heavy (non-hydrogen) atoms. The molecule has 0 aliphatic carbocycles. The molecule has 1 saturated heterocycles. The lowest BCUT2D eigenvalue weighted by molar-refractivity contribution is 0.0520. The van der Waals surface area contributed by atoms with Crippen LogP contribution in [0.5, 0.6) is 5.75 Å². The predicted octanol–water partition coefficient (Wildman–Crippen LogP) is 4.31. The van der Waals surface area contributed by atoms with Gasteiger partial charge in [0, 0.05) is 19.5 Å². The van der Waals surface area contributed by atoms with Gasteiger partial charge in [-0.3, -0.25) is 4.79 Å². The number of nitrogens with zero attached hydrogens (tertiary/aromatic N) is 3. The third-order valence-electron chi connectivity index (χ3n) is 6.47. The zero-order chi connectivity index (χ0) is 28.3. The van der Waals surface area contributed by atoms with Crippen molar-refractivity contribution in [3.63, 3.8) is 0 Å². The van der Waals surface area contributed by atoms with Crippen LogP contribution in [0.25, 0.3) is 0 Å². The molecular formula is C28H33Cl2N5O5. The highest BCUT2D eigenvalue weighted by atomic mass is 35.5. The molecule has 0 bridgehead atoms. The van der Waals surface area contributed by atoms with Gasteiger partial charge in [-0.2, -0.15) is 4.98 Å². The largest absolute Gasteiger partial charge is 0.493 e. The highest BCUT2D eigenvalue weighted by Crippen LogP contribution is 2.23. The number of ether oxygens (including phenoxy) is 2. The molecule has 2 aromatic carbocycles. The monoisotopic (exact) mass is 589 g/mol. The number of ketones is 1. The summed E-state index contributed by atoms with van der Waals surface area (Å²) in [4.78, 5) is 31.9. The van der Waals surface area contributed by atoms with Crippen LogP contribution in [0, 0.1) is 0 Å². The smallest absolute Gasteiger partial charge is 0.318 e. The van der Waals surface area contributed by atoms with Gasteiger partial charge in [0.1, 0.15) is 5.75 Å². The van der Waals surface area contributed by atoms with Crippen molar-refractivity contribution in [3.05, 3.63) is 75.4 Å². The summed E-state index contributed by atoms with van der Waals surface area (Å²) in [5, 5.41) is 7.77. The number of carbonyl (C=O) groups excluding carboxylic acids is 2. The molecule has 1 fully saturated rings. The SMILES string of the molecule is NCCCCC(NC(=O)N1CCOCC1)C(=O)c1noc(Cc2ccc(OCCc3ccc(Cl)c(Cl)c3)cc2)n1. The maximum Gasteiger partial charge on any atom is 0.318 e. The number of hydrogen-bond acceptors (Lipinski definition) is 8. The first-order chi connectivity index (χ1) is 19.4. The second-order valence-electron chi connectivity index (χ2n) is 9.43. The predicted molar refractivity (Wildman–Crippen MR) is 151 cm³/mol. The van der Waals surface area contributed by atoms with E-state index in [9.17, 15) is 9.59 Å². The van der Waals surface area contributed by atoms with Crippen LogP contribution >= 0.6 is 23.2 Å². The summed E-state index contributed by atoms with van der Waals surface area (Å²) in [6.45, 7) is 2.89. The number of nitrogens with one attached hydrogen (secondary N) is 1. The molecule has 3 N–H and O–H groups in total. The Morgan fingerprint density at radius 3 is 2.52 bits per heavy atom. The first-order valence-electron chi connectivity index (χ1n) is 13.3. The molecular weight excluding hydrogens is 557 g/mol. The number of amides is 2. The van der Waals surface area contributed by atoms with E-state index in [0.717, 1.165) is 23.3 Å². The summed E-state index contributed by atoms with van der Waals surface area (Å²) in [7, 11) is 0. The van der Waals surface area contributed by atoms with Crippen LogP contribution in [0.4, 0.5) is 4.79 Å². The Kier molecular flexibility index (Phi) is 11.2. The van der Waals surface area contributed by atoms with Gasteiger partial charge in [0.15, 0.2) is 0 Å². The van der Waals surface area contributed by atoms with Crippen LogP contribution in [0.1, 0.15) is 46.9 Å². The Hall–Kier alpha value is -3.18. The minimum absolute atomic E-state index is 0.0581. The Morgan fingerprint density at radius 1 is 1.05 bits per heavy atom. The molecule has 2 heterocycles. The number of Topliss-reactive ketones (excluding diaryl/α,β-unsaturated/α-hetero) is 1. The van der Waals surface area contributed by atoms with Gasteiger partial charge in [-0.25, -0.2) is 4.79 Å². The van der Waals surface area contributed by atoms with Gasteiger partial charge in [-0.05, 0) is 61.2 Å². The van der Waals surface area contributed by atoms with E-state index in [1.807, 2.05) is 36.4 Å². The third-order valence-corrected chi connectivity index (χ3v) is 7.21. The lowest BCUT2D eigenvalue weighted by Gasteiger charge is -2.28. The van der Waals surface area contributed by atoms with Crippen LogP contribution in [0.15, 0.2) is 47.0 Å². The first-order valence-corrected chi connectivity index (χ1v) is 14.0. The number of carbonyl (C=O) groups is 2. The molecule has 4 rings (SSSR count). The standard InChI is InChI=1S/C28H33Cl2N5O5/c29-22-9-6-20(17-23(22)30)10-14-39-21-7-4-19(5-8-21)18-25-33-27(34-40-25)26(36)24(3-1-2-11-31)32-28(37)35-12-15-38-16-13-35/h4-9,17,24H,1-3,10-16,18,31H2,(H,32,37). The molecule has 0 radical (unpaired) electrons. The van der Waals surface area contributed by atoms with Gasteiger partial charge in [-0.1, -0.05) is 46.6 Å². The summed E-state index contributed by atoms with van der Waals surface area (Å²) >= 11 is 12.0. The van der Waals surface area contributed by atoms with Crippen LogP contribution in [0.3, 0.4) is 0 Å². The maximum atomic E-state index is 13.2. The molecule has 0 saturated carbocycles. The number of urea groups is 1. The van der Waals surface area contributed by atoms with Gasteiger partial charge >= 0.3 is 6.03 Å². The number of hydrogen-bond donors (Lipinski definition) is 2.